The molecule has 1 aromatic heterocycles. The molecule has 2 aliphatic heterocycles. The lowest BCUT2D eigenvalue weighted by Crippen LogP contribution is -2.08. The van der Waals surface area contributed by atoms with Gasteiger partial charge in [0.15, 0.2) is 0 Å². The average molecular weight is 522 g/mol. The molecular weight excluding hydrogens is 498 g/mol. The van der Waals surface area contributed by atoms with E-state index in [0.29, 0.717) is 0 Å². The molecule has 2 bridgehead atoms. The number of hydrogen-bond donors (Lipinski definition) is 0. The summed E-state index contributed by atoms with van der Waals surface area (Å²) in [6.45, 7) is 0. The van der Waals surface area contributed by atoms with Crippen molar-refractivity contribution in [3.05, 3.63) is 150 Å². The van der Waals surface area contributed by atoms with E-state index in [9.17, 15) is 0 Å². The molecule has 0 N–H and O–H groups in total. The minimum atomic E-state index is -0.119. The molecule has 7 aromatic carbocycles. The van der Waals surface area contributed by atoms with Gasteiger partial charge in [0.05, 0.1) is 11.2 Å². The SMILES string of the molecule is c1ccc2c(c1)C1OC2c2c1c(-c1ccc3ccc4ccccc4c3c1)nc1c3ccccc3c3ccccc3c21. The zero-order valence-corrected chi connectivity index (χ0v) is 22.1. The van der Waals surface area contributed by atoms with E-state index >= 15 is 0 Å². The molecule has 0 fully saturated rings. The maximum atomic E-state index is 6.86. The fourth-order valence-corrected chi connectivity index (χ4v) is 7.57. The highest BCUT2D eigenvalue weighted by atomic mass is 16.5. The zero-order chi connectivity index (χ0) is 26.7. The Morgan fingerprint density at radius 1 is 0.463 bits per heavy atom. The molecule has 190 valence electrons. The Hall–Kier alpha value is -5.05. The molecule has 0 amide bonds. The summed E-state index contributed by atoms with van der Waals surface area (Å²) in [5, 5.41) is 11.2. The van der Waals surface area contributed by atoms with Crippen LogP contribution in [0.25, 0.3) is 65.3 Å². The van der Waals surface area contributed by atoms with E-state index in [4.69, 9.17) is 9.72 Å². The van der Waals surface area contributed by atoms with Crippen LogP contribution < -0.4 is 0 Å². The normalized spacial score (nSPS) is 17.2. The van der Waals surface area contributed by atoms with Gasteiger partial charge in [-0.2, -0.15) is 0 Å². The number of hydrogen-bond acceptors (Lipinski definition) is 2. The summed E-state index contributed by atoms with van der Waals surface area (Å²) in [6.07, 6.45) is -0.215. The Morgan fingerprint density at radius 3 is 1.80 bits per heavy atom. The highest BCUT2D eigenvalue weighted by Crippen LogP contribution is 2.59. The topological polar surface area (TPSA) is 22.1 Å². The third-order valence-corrected chi connectivity index (χ3v) is 9.32. The fourth-order valence-electron chi connectivity index (χ4n) is 7.57. The summed E-state index contributed by atoms with van der Waals surface area (Å²) in [6, 6.07) is 46.1. The van der Waals surface area contributed by atoms with E-state index < -0.39 is 0 Å². The van der Waals surface area contributed by atoms with E-state index in [1.54, 1.807) is 0 Å². The van der Waals surface area contributed by atoms with Gasteiger partial charge in [0.1, 0.15) is 12.2 Å². The van der Waals surface area contributed by atoms with Crippen LogP contribution in [0.3, 0.4) is 0 Å². The van der Waals surface area contributed by atoms with Crippen LogP contribution in [0.4, 0.5) is 0 Å². The van der Waals surface area contributed by atoms with Crippen molar-refractivity contribution >= 4 is 54.0 Å². The zero-order valence-electron chi connectivity index (χ0n) is 22.1. The molecule has 10 rings (SSSR count). The monoisotopic (exact) mass is 521 g/mol. The van der Waals surface area contributed by atoms with E-state index in [0.717, 1.165) is 16.8 Å². The van der Waals surface area contributed by atoms with Crippen LogP contribution in [0.1, 0.15) is 34.5 Å². The molecule has 0 saturated carbocycles. The van der Waals surface area contributed by atoms with Crippen LogP contribution in [0, 0.1) is 0 Å². The Morgan fingerprint density at radius 2 is 1.02 bits per heavy atom. The van der Waals surface area contributed by atoms with Gasteiger partial charge >= 0.3 is 0 Å². The van der Waals surface area contributed by atoms with Gasteiger partial charge in [0.2, 0.25) is 0 Å². The summed E-state index contributed by atoms with van der Waals surface area (Å²) in [5.74, 6) is 0. The highest BCUT2D eigenvalue weighted by molar-refractivity contribution is 6.26. The van der Waals surface area contributed by atoms with Gasteiger partial charge in [0, 0.05) is 27.5 Å². The van der Waals surface area contributed by atoms with Gasteiger partial charge in [-0.1, -0.05) is 121 Å². The van der Waals surface area contributed by atoms with Crippen molar-refractivity contribution in [2.24, 2.45) is 0 Å². The molecular formula is C39H23NO. The van der Waals surface area contributed by atoms with Gasteiger partial charge in [-0.15, -0.1) is 0 Å². The van der Waals surface area contributed by atoms with Crippen molar-refractivity contribution in [1.29, 1.82) is 0 Å². The van der Waals surface area contributed by atoms with Crippen LogP contribution in [0.15, 0.2) is 127 Å². The van der Waals surface area contributed by atoms with Gasteiger partial charge in [0.25, 0.3) is 0 Å². The van der Waals surface area contributed by atoms with Crippen LogP contribution in [0.2, 0.25) is 0 Å². The van der Waals surface area contributed by atoms with Gasteiger partial charge in [-0.25, -0.2) is 4.98 Å². The number of aromatic nitrogens is 1. The predicted molar refractivity (Wildman–Crippen MR) is 168 cm³/mol. The standard InChI is InChI=1S/C39H23NO/c1-2-10-25-22(9-1)17-18-23-19-20-24(21-32(23)25)36-35-34(38-30-15-7-8-16-31(30)39(35)41-38)33-28-13-5-3-11-26(28)27-12-4-6-14-29(27)37(33)40-36/h1-21,38-39H. The maximum Gasteiger partial charge on any atom is 0.112 e. The predicted octanol–water partition coefficient (Wildman–Crippen LogP) is 10.0. The van der Waals surface area contributed by atoms with Crippen molar-refractivity contribution in [3.63, 3.8) is 0 Å². The fraction of sp³-hybridized carbons (Fsp3) is 0.0513. The Balaban J connectivity index is 1.39. The highest BCUT2D eigenvalue weighted by Gasteiger charge is 2.46. The van der Waals surface area contributed by atoms with Crippen LogP contribution >= 0.6 is 0 Å². The van der Waals surface area contributed by atoms with Crippen LogP contribution in [-0.4, -0.2) is 4.98 Å². The Kier molecular flexibility index (Phi) is 4.12. The molecule has 3 heterocycles. The molecule has 2 atom stereocenters. The minimum absolute atomic E-state index is 0.0960. The first-order valence-electron chi connectivity index (χ1n) is 14.3. The van der Waals surface area contributed by atoms with Gasteiger partial charge in [-0.05, 0) is 54.9 Å². The number of ether oxygens (including phenoxy) is 1. The summed E-state index contributed by atoms with van der Waals surface area (Å²) in [4.78, 5) is 5.59. The van der Waals surface area contributed by atoms with Crippen LogP contribution in [-0.2, 0) is 4.74 Å². The Labute approximate surface area is 236 Å². The maximum absolute atomic E-state index is 6.86. The number of nitrogens with zero attached hydrogens (tertiary/aromatic N) is 1. The first-order chi connectivity index (χ1) is 20.3. The van der Waals surface area contributed by atoms with Crippen molar-refractivity contribution in [1.82, 2.24) is 4.98 Å². The molecule has 2 nitrogen and oxygen atoms in total. The first-order valence-corrected chi connectivity index (χ1v) is 14.3. The second kappa shape index (κ2) is 7.78. The molecule has 2 heteroatoms. The molecule has 0 saturated heterocycles. The molecule has 2 aliphatic rings. The summed E-state index contributed by atoms with van der Waals surface area (Å²) in [7, 11) is 0. The lowest BCUT2D eigenvalue weighted by atomic mass is 9.80. The van der Waals surface area contributed by atoms with E-state index in [1.165, 1.54) is 70.7 Å². The summed E-state index contributed by atoms with van der Waals surface area (Å²) < 4.78 is 6.86. The van der Waals surface area contributed by atoms with Crippen molar-refractivity contribution < 1.29 is 4.74 Å². The largest absolute Gasteiger partial charge is 0.356 e. The van der Waals surface area contributed by atoms with E-state index in [1.807, 2.05) is 0 Å². The number of fused-ring (bicyclic) bond motifs is 18. The van der Waals surface area contributed by atoms with Crippen molar-refractivity contribution in [3.8, 4) is 11.3 Å². The molecule has 0 spiro atoms. The van der Waals surface area contributed by atoms with Crippen LogP contribution in [0.5, 0.6) is 0 Å². The molecule has 0 aliphatic carbocycles. The second-order valence-electron chi connectivity index (χ2n) is 11.4. The molecule has 8 aromatic rings. The third kappa shape index (κ3) is 2.77. The smallest absolute Gasteiger partial charge is 0.112 e. The second-order valence-corrected chi connectivity index (χ2v) is 11.4. The number of benzene rings is 7. The number of rotatable bonds is 1. The number of pyridine rings is 1. The molecule has 2 unspecified atom stereocenters. The Bertz CT molecular complexity index is 2420. The minimum Gasteiger partial charge on any atom is -0.356 e. The lowest BCUT2D eigenvalue weighted by Gasteiger charge is -2.23. The van der Waals surface area contributed by atoms with E-state index in [2.05, 4.69) is 127 Å². The third-order valence-electron chi connectivity index (χ3n) is 9.32. The summed E-state index contributed by atoms with van der Waals surface area (Å²) >= 11 is 0. The quantitative estimate of drug-likeness (QED) is 0.201. The first kappa shape index (κ1) is 21.7. The molecule has 0 radical (unpaired) electrons. The van der Waals surface area contributed by atoms with Crippen molar-refractivity contribution in [2.75, 3.05) is 0 Å². The van der Waals surface area contributed by atoms with Gasteiger partial charge in [-0.3, -0.25) is 0 Å². The summed E-state index contributed by atoms with van der Waals surface area (Å²) in [5.41, 5.74) is 8.28. The van der Waals surface area contributed by atoms with Crippen molar-refractivity contribution in [2.45, 2.75) is 12.2 Å². The average Bonchev–Trinajstić information content (AvgIpc) is 3.62. The lowest BCUT2D eigenvalue weighted by molar-refractivity contribution is 0.0863. The molecule has 41 heavy (non-hydrogen) atoms. The van der Waals surface area contributed by atoms with Gasteiger partial charge < -0.3 is 4.74 Å². The van der Waals surface area contributed by atoms with E-state index in [-0.39, 0.29) is 12.2 Å².